The first kappa shape index (κ1) is 22.0. The zero-order chi connectivity index (χ0) is 21.1. The molecule has 28 heavy (non-hydrogen) atoms. The van der Waals surface area contributed by atoms with Crippen LogP contribution in [0.5, 0.6) is 5.75 Å². The predicted molar refractivity (Wildman–Crippen MR) is 104 cm³/mol. The van der Waals surface area contributed by atoms with E-state index in [9.17, 15) is 9.59 Å². The molecule has 1 saturated heterocycles. The van der Waals surface area contributed by atoms with E-state index in [1.54, 1.807) is 12.0 Å². The number of rotatable bonds is 6. The third-order valence-corrected chi connectivity index (χ3v) is 4.44. The summed E-state index contributed by atoms with van der Waals surface area (Å²) in [6, 6.07) is 5.08. The molecule has 0 aliphatic carbocycles. The van der Waals surface area contributed by atoms with Crippen LogP contribution in [0.2, 0.25) is 0 Å². The van der Waals surface area contributed by atoms with Gasteiger partial charge in [0.15, 0.2) is 6.23 Å². The second-order valence-corrected chi connectivity index (χ2v) is 8.40. The average Bonchev–Trinajstić information content (AvgIpc) is 2.91. The van der Waals surface area contributed by atoms with Gasteiger partial charge in [-0.2, -0.15) is 0 Å². The molecule has 7 heteroatoms. The fourth-order valence-electron chi connectivity index (χ4n) is 3.29. The minimum absolute atomic E-state index is 0.256. The molecule has 7 nitrogen and oxygen atoms in total. The molecule has 1 aromatic rings. The van der Waals surface area contributed by atoms with Crippen molar-refractivity contribution in [2.24, 2.45) is 5.92 Å². The highest BCUT2D eigenvalue weighted by atomic mass is 16.7. The highest BCUT2D eigenvalue weighted by molar-refractivity contribution is 5.70. The van der Waals surface area contributed by atoms with E-state index in [4.69, 9.17) is 18.9 Å². The summed E-state index contributed by atoms with van der Waals surface area (Å²) in [6.07, 6.45) is -1.49. The molecule has 0 radical (unpaired) electrons. The minimum Gasteiger partial charge on any atom is -0.497 e. The summed E-state index contributed by atoms with van der Waals surface area (Å²) in [7, 11) is 1.60. The van der Waals surface area contributed by atoms with Crippen LogP contribution in [0.25, 0.3) is 0 Å². The summed E-state index contributed by atoms with van der Waals surface area (Å²) in [4.78, 5) is 25.7. The van der Waals surface area contributed by atoms with Crippen LogP contribution < -0.4 is 4.74 Å². The van der Waals surface area contributed by atoms with E-state index in [2.05, 4.69) is 0 Å². The quantitative estimate of drug-likeness (QED) is 0.675. The van der Waals surface area contributed by atoms with Gasteiger partial charge in [-0.05, 0) is 57.7 Å². The van der Waals surface area contributed by atoms with Gasteiger partial charge in [-0.15, -0.1) is 0 Å². The highest BCUT2D eigenvalue weighted by Crippen LogP contribution is 2.40. The fraction of sp³-hybridized carbons (Fsp3) is 0.619. The maximum Gasteiger partial charge on any atom is 0.413 e. The molecule has 2 rings (SSSR count). The summed E-state index contributed by atoms with van der Waals surface area (Å²) >= 11 is 0. The lowest BCUT2D eigenvalue weighted by molar-refractivity contribution is -0.163. The summed E-state index contributed by atoms with van der Waals surface area (Å²) in [5.74, 6) is 0.967. The number of carbonyl (C=O) groups excluding carboxylic acids is 2. The number of carbonyl (C=O) groups is 2. The van der Waals surface area contributed by atoms with Gasteiger partial charge in [-0.25, -0.2) is 4.79 Å². The van der Waals surface area contributed by atoms with Gasteiger partial charge in [0.2, 0.25) is 6.29 Å². The Balaban J connectivity index is 2.47. The summed E-state index contributed by atoms with van der Waals surface area (Å²) in [5.41, 5.74) is 1.02. The highest BCUT2D eigenvalue weighted by Gasteiger charge is 2.49. The molecule has 156 valence electrons. The maximum atomic E-state index is 13.1. The van der Waals surface area contributed by atoms with Gasteiger partial charge in [0.1, 0.15) is 17.4 Å². The average molecular weight is 393 g/mol. The molecule has 1 amide bonds. The van der Waals surface area contributed by atoms with Crippen molar-refractivity contribution in [1.82, 2.24) is 4.90 Å². The van der Waals surface area contributed by atoms with E-state index in [1.807, 2.05) is 59.7 Å². The fourth-order valence-corrected chi connectivity index (χ4v) is 3.29. The predicted octanol–water partition coefficient (Wildman–Crippen LogP) is 4.18. The van der Waals surface area contributed by atoms with Crippen LogP contribution in [0.4, 0.5) is 4.79 Å². The van der Waals surface area contributed by atoms with Crippen molar-refractivity contribution in [2.45, 2.75) is 72.1 Å². The zero-order valence-corrected chi connectivity index (χ0v) is 17.7. The lowest BCUT2D eigenvalue weighted by Gasteiger charge is -2.32. The van der Waals surface area contributed by atoms with Crippen LogP contribution >= 0.6 is 0 Å². The van der Waals surface area contributed by atoms with Gasteiger partial charge in [-0.1, -0.05) is 19.9 Å². The number of amides is 1. The van der Waals surface area contributed by atoms with Crippen molar-refractivity contribution in [3.63, 3.8) is 0 Å². The van der Waals surface area contributed by atoms with E-state index in [-0.39, 0.29) is 5.92 Å². The monoisotopic (exact) mass is 393 g/mol. The van der Waals surface area contributed by atoms with Crippen LogP contribution in [-0.4, -0.2) is 42.5 Å². The van der Waals surface area contributed by atoms with Crippen molar-refractivity contribution in [2.75, 3.05) is 7.11 Å². The third-order valence-electron chi connectivity index (χ3n) is 4.44. The second kappa shape index (κ2) is 8.82. The third kappa shape index (κ3) is 5.16. The molecule has 0 bridgehead atoms. The van der Waals surface area contributed by atoms with Crippen molar-refractivity contribution in [1.29, 1.82) is 0 Å². The van der Waals surface area contributed by atoms with Crippen molar-refractivity contribution < 1.29 is 28.5 Å². The van der Waals surface area contributed by atoms with Gasteiger partial charge in [0.25, 0.3) is 6.47 Å². The molecular weight excluding hydrogens is 362 g/mol. The number of aryl methyl sites for hydroxylation is 1. The maximum absolute atomic E-state index is 13.1. The first-order chi connectivity index (χ1) is 13.1. The van der Waals surface area contributed by atoms with E-state index in [0.29, 0.717) is 18.6 Å². The van der Waals surface area contributed by atoms with Gasteiger partial charge in [-0.3, -0.25) is 9.69 Å². The number of hydrogen-bond acceptors (Lipinski definition) is 6. The van der Waals surface area contributed by atoms with E-state index in [0.717, 1.165) is 11.1 Å². The lowest BCUT2D eigenvalue weighted by Crippen LogP contribution is -2.44. The topological polar surface area (TPSA) is 74.3 Å². The molecule has 1 fully saturated rings. The van der Waals surface area contributed by atoms with Gasteiger partial charge < -0.3 is 18.9 Å². The van der Waals surface area contributed by atoms with Crippen LogP contribution in [-0.2, 0) is 19.0 Å². The zero-order valence-electron chi connectivity index (χ0n) is 17.7. The largest absolute Gasteiger partial charge is 0.497 e. The van der Waals surface area contributed by atoms with E-state index in [1.165, 1.54) is 0 Å². The Morgan fingerprint density at radius 2 is 2.00 bits per heavy atom. The lowest BCUT2D eigenvalue weighted by atomic mass is 10.0. The normalized spacial score (nSPS) is 22.3. The molecule has 0 saturated carbocycles. The molecule has 0 aromatic heterocycles. The van der Waals surface area contributed by atoms with Gasteiger partial charge in [0, 0.05) is 5.56 Å². The van der Waals surface area contributed by atoms with Crippen LogP contribution in [0, 0.1) is 12.8 Å². The summed E-state index contributed by atoms with van der Waals surface area (Å²) < 4.78 is 22.1. The van der Waals surface area contributed by atoms with Crippen molar-refractivity contribution >= 4 is 12.6 Å². The van der Waals surface area contributed by atoms with Crippen molar-refractivity contribution in [3.05, 3.63) is 29.3 Å². The van der Waals surface area contributed by atoms with Gasteiger partial charge >= 0.3 is 6.09 Å². The van der Waals surface area contributed by atoms with Crippen LogP contribution in [0.15, 0.2) is 18.2 Å². The number of methoxy groups -OCH3 is 1. The van der Waals surface area contributed by atoms with Gasteiger partial charge in [0.05, 0.1) is 7.11 Å². The molecule has 1 aliphatic heterocycles. The van der Waals surface area contributed by atoms with E-state index >= 15 is 0 Å². The Morgan fingerprint density at radius 3 is 2.50 bits per heavy atom. The Kier molecular flexibility index (Phi) is 6.93. The molecule has 1 heterocycles. The Hall–Kier alpha value is -2.28. The second-order valence-electron chi connectivity index (χ2n) is 8.40. The molecule has 1 aliphatic rings. The van der Waals surface area contributed by atoms with Crippen LogP contribution in [0.3, 0.4) is 0 Å². The molecule has 0 spiro atoms. The summed E-state index contributed by atoms with van der Waals surface area (Å²) in [5, 5.41) is 0. The summed E-state index contributed by atoms with van der Waals surface area (Å²) in [6.45, 7) is 11.8. The first-order valence-corrected chi connectivity index (χ1v) is 9.47. The van der Waals surface area contributed by atoms with Crippen LogP contribution in [0.1, 0.15) is 58.4 Å². The number of ether oxygens (including phenoxy) is 4. The molecule has 3 atom stereocenters. The molecule has 1 aromatic carbocycles. The van der Waals surface area contributed by atoms with E-state index < -0.39 is 30.3 Å². The smallest absolute Gasteiger partial charge is 0.413 e. The minimum atomic E-state index is -0.862. The SMILES string of the molecule is COc1ccc(C2O[C@@H](OC=O)C(CC(C)C)N2C(=O)OC(C)(C)C)c(C)c1. The number of benzene rings is 1. The molecular formula is C21H31NO6. The number of hydrogen-bond donors (Lipinski definition) is 0. The Labute approximate surface area is 166 Å². The molecule has 2 unspecified atom stereocenters. The number of nitrogens with zero attached hydrogens (tertiary/aromatic N) is 1. The Bertz CT molecular complexity index is 697. The Morgan fingerprint density at radius 1 is 1.32 bits per heavy atom. The van der Waals surface area contributed by atoms with Crippen molar-refractivity contribution in [3.8, 4) is 5.75 Å². The standard InChI is InChI=1S/C21H31NO6/c1-13(2)10-17-19(26-12-23)27-18(22(17)20(24)28-21(4,5)6)16-9-8-15(25-7)11-14(16)3/h8-9,11-13,17-19H,10H2,1-7H3/t17?,18?,19-/m1/s1. The first-order valence-electron chi connectivity index (χ1n) is 9.47. The molecule has 0 N–H and O–H groups in total.